The fourth-order valence-corrected chi connectivity index (χ4v) is 4.87. The molecule has 2 aliphatic rings. The Morgan fingerprint density at radius 1 is 1.00 bits per heavy atom. The van der Waals surface area contributed by atoms with Gasteiger partial charge in [0.05, 0.1) is 22.8 Å². The van der Waals surface area contributed by atoms with E-state index in [0.29, 0.717) is 28.8 Å². The average Bonchev–Trinajstić information content (AvgIpc) is 3.43. The molecule has 0 aliphatic carbocycles. The molecule has 0 radical (unpaired) electrons. The highest BCUT2D eigenvalue weighted by Crippen LogP contribution is 2.33. The van der Waals surface area contributed by atoms with E-state index < -0.39 is 11.6 Å². The molecule has 0 spiro atoms. The molecular formula is C29H27ClF2N8O. The Morgan fingerprint density at radius 3 is 2.66 bits per heavy atom. The van der Waals surface area contributed by atoms with Crippen LogP contribution in [0.25, 0.3) is 10.9 Å². The second kappa shape index (κ2) is 11.6. The normalized spacial score (nSPS) is 16.6. The SMILES string of the molecule is CN1CCN(/C=C2\CN(c3ccc4ncnc(Nc5ccc(OCc6ccc(F)cc6F)c(Cl)c5)c4c3)N=N2)CC1. The van der Waals surface area contributed by atoms with Gasteiger partial charge in [0, 0.05) is 55.1 Å². The van der Waals surface area contributed by atoms with Crippen molar-refractivity contribution in [2.45, 2.75) is 6.61 Å². The molecule has 210 valence electrons. The molecule has 0 amide bonds. The number of nitrogens with one attached hydrogen (secondary N) is 1. The van der Waals surface area contributed by atoms with Crippen molar-refractivity contribution in [1.82, 2.24) is 19.8 Å². The Balaban J connectivity index is 1.16. The van der Waals surface area contributed by atoms with E-state index in [9.17, 15) is 8.78 Å². The topological polar surface area (TPSA) is 81.5 Å². The number of piperazine rings is 1. The monoisotopic (exact) mass is 576 g/mol. The molecule has 41 heavy (non-hydrogen) atoms. The minimum atomic E-state index is -0.674. The van der Waals surface area contributed by atoms with Crippen molar-refractivity contribution < 1.29 is 13.5 Å². The Morgan fingerprint density at radius 2 is 1.85 bits per heavy atom. The number of ether oxygens (including phenoxy) is 1. The van der Waals surface area contributed by atoms with Gasteiger partial charge in [-0.3, -0.25) is 0 Å². The van der Waals surface area contributed by atoms with Gasteiger partial charge in [-0.25, -0.2) is 23.8 Å². The maximum atomic E-state index is 13.9. The van der Waals surface area contributed by atoms with Crippen molar-refractivity contribution in [2.75, 3.05) is 50.1 Å². The largest absolute Gasteiger partial charge is 0.487 e. The molecule has 3 heterocycles. The Bertz CT molecular complexity index is 1640. The van der Waals surface area contributed by atoms with Gasteiger partial charge in [-0.15, -0.1) is 5.11 Å². The van der Waals surface area contributed by atoms with E-state index >= 15 is 0 Å². The molecule has 3 aromatic carbocycles. The fourth-order valence-electron chi connectivity index (χ4n) is 4.63. The summed E-state index contributed by atoms with van der Waals surface area (Å²) in [6, 6.07) is 14.4. The molecule has 1 saturated heterocycles. The molecule has 2 aliphatic heterocycles. The molecule has 12 heteroatoms. The van der Waals surface area contributed by atoms with E-state index in [2.05, 4.69) is 48.7 Å². The molecule has 0 unspecified atom stereocenters. The van der Waals surface area contributed by atoms with Crippen LogP contribution in [0.2, 0.25) is 5.02 Å². The van der Waals surface area contributed by atoms with Crippen molar-refractivity contribution in [3.05, 3.63) is 95.0 Å². The number of anilines is 3. The lowest BCUT2D eigenvalue weighted by molar-refractivity contribution is 0.197. The third-order valence-electron chi connectivity index (χ3n) is 6.97. The van der Waals surface area contributed by atoms with Gasteiger partial charge in [-0.2, -0.15) is 0 Å². The summed E-state index contributed by atoms with van der Waals surface area (Å²) in [7, 11) is 2.13. The van der Waals surface area contributed by atoms with E-state index in [1.807, 2.05) is 23.2 Å². The summed E-state index contributed by atoms with van der Waals surface area (Å²) in [5.74, 6) is -0.348. The zero-order chi connectivity index (χ0) is 28.3. The van der Waals surface area contributed by atoms with Crippen molar-refractivity contribution in [1.29, 1.82) is 0 Å². The molecule has 0 saturated carbocycles. The predicted octanol–water partition coefficient (Wildman–Crippen LogP) is 6.16. The molecule has 1 N–H and O–H groups in total. The highest BCUT2D eigenvalue weighted by molar-refractivity contribution is 6.32. The first-order valence-corrected chi connectivity index (χ1v) is 13.5. The fraction of sp³-hybridized carbons (Fsp3) is 0.241. The standard InChI is InChI=1S/C29H27ClF2N8O/c1-38-8-10-39(11-9-38)15-22-16-40(37-36-22)23-5-6-27-24(14-23)29(34-18-33-27)35-21-4-7-28(25(30)13-21)41-17-19-2-3-20(31)12-26(19)32/h2-7,12-15,18H,8-11,16-17H2,1H3,(H,33,34,35)/b22-15+. The maximum absolute atomic E-state index is 13.9. The Labute approximate surface area is 240 Å². The average molecular weight is 577 g/mol. The van der Waals surface area contributed by atoms with Crippen molar-refractivity contribution in [3.63, 3.8) is 0 Å². The summed E-state index contributed by atoms with van der Waals surface area (Å²) in [4.78, 5) is 13.5. The Hall–Kier alpha value is -4.35. The molecule has 9 nitrogen and oxygen atoms in total. The van der Waals surface area contributed by atoms with E-state index in [1.54, 1.807) is 18.2 Å². The van der Waals surface area contributed by atoms with Gasteiger partial charge < -0.3 is 19.9 Å². The van der Waals surface area contributed by atoms with Crippen LogP contribution in [0, 0.1) is 11.6 Å². The number of nitrogens with zero attached hydrogens (tertiary/aromatic N) is 7. The number of fused-ring (bicyclic) bond motifs is 1. The van der Waals surface area contributed by atoms with Gasteiger partial charge in [0.15, 0.2) is 0 Å². The van der Waals surface area contributed by atoms with Gasteiger partial charge >= 0.3 is 0 Å². The van der Waals surface area contributed by atoms with Gasteiger partial charge in [0.2, 0.25) is 0 Å². The quantitative estimate of drug-likeness (QED) is 0.282. The summed E-state index contributed by atoms with van der Waals surface area (Å²) < 4.78 is 32.8. The number of likely N-dealkylation sites (N-methyl/N-ethyl adjacent to an activating group) is 1. The van der Waals surface area contributed by atoms with Crippen LogP contribution in [0.4, 0.5) is 26.0 Å². The molecule has 1 aromatic heterocycles. The zero-order valence-corrected chi connectivity index (χ0v) is 23.0. The van der Waals surface area contributed by atoms with Gasteiger partial charge in [-0.1, -0.05) is 16.8 Å². The first kappa shape index (κ1) is 26.9. The smallest absolute Gasteiger partial charge is 0.141 e. The molecule has 4 aromatic rings. The van der Waals surface area contributed by atoms with Crippen LogP contribution in [0.3, 0.4) is 0 Å². The maximum Gasteiger partial charge on any atom is 0.141 e. The number of halogens is 3. The molecule has 0 atom stereocenters. The van der Waals surface area contributed by atoms with Crippen molar-refractivity contribution in [2.24, 2.45) is 10.3 Å². The van der Waals surface area contributed by atoms with Gasteiger partial charge in [-0.05, 0) is 55.6 Å². The number of hydrogen-bond acceptors (Lipinski definition) is 9. The highest BCUT2D eigenvalue weighted by Gasteiger charge is 2.19. The lowest BCUT2D eigenvalue weighted by Gasteiger charge is -2.31. The van der Waals surface area contributed by atoms with Crippen LogP contribution >= 0.6 is 11.6 Å². The first-order valence-electron chi connectivity index (χ1n) is 13.1. The van der Waals surface area contributed by atoms with Gasteiger partial charge in [0.25, 0.3) is 0 Å². The van der Waals surface area contributed by atoms with Crippen LogP contribution in [-0.2, 0) is 6.61 Å². The molecular weight excluding hydrogens is 550 g/mol. The summed E-state index contributed by atoms with van der Waals surface area (Å²) in [5, 5.41) is 15.0. The first-order chi connectivity index (χ1) is 19.9. The van der Waals surface area contributed by atoms with Crippen LogP contribution in [0.1, 0.15) is 5.56 Å². The third kappa shape index (κ3) is 6.21. The van der Waals surface area contributed by atoms with E-state index in [-0.39, 0.29) is 12.2 Å². The highest BCUT2D eigenvalue weighted by atomic mass is 35.5. The summed E-state index contributed by atoms with van der Waals surface area (Å²) in [5.41, 5.74) is 3.46. The van der Waals surface area contributed by atoms with Gasteiger partial charge in [0.1, 0.15) is 41.8 Å². The summed E-state index contributed by atoms with van der Waals surface area (Å²) in [6.45, 7) is 4.50. The Kier molecular flexibility index (Phi) is 7.62. The number of benzene rings is 3. The zero-order valence-electron chi connectivity index (χ0n) is 22.3. The second-order valence-corrected chi connectivity index (χ2v) is 10.3. The predicted molar refractivity (Wildman–Crippen MR) is 154 cm³/mol. The minimum absolute atomic E-state index is 0.0853. The minimum Gasteiger partial charge on any atom is -0.487 e. The molecule has 6 rings (SSSR count). The lowest BCUT2D eigenvalue weighted by Crippen LogP contribution is -2.42. The van der Waals surface area contributed by atoms with E-state index in [0.717, 1.165) is 54.5 Å². The van der Waals surface area contributed by atoms with E-state index in [1.165, 1.54) is 18.5 Å². The van der Waals surface area contributed by atoms with Crippen molar-refractivity contribution >= 4 is 39.7 Å². The van der Waals surface area contributed by atoms with Crippen LogP contribution < -0.4 is 15.1 Å². The van der Waals surface area contributed by atoms with Crippen molar-refractivity contribution in [3.8, 4) is 5.75 Å². The van der Waals surface area contributed by atoms with Crippen LogP contribution in [-0.4, -0.2) is 59.5 Å². The van der Waals surface area contributed by atoms with Crippen LogP contribution in [0.5, 0.6) is 5.75 Å². The summed E-state index contributed by atoms with van der Waals surface area (Å²) >= 11 is 6.45. The molecule has 1 fully saturated rings. The second-order valence-electron chi connectivity index (χ2n) is 9.93. The number of aromatic nitrogens is 2. The summed E-state index contributed by atoms with van der Waals surface area (Å²) in [6.07, 6.45) is 3.59. The number of hydrogen-bond donors (Lipinski definition) is 1. The number of rotatable bonds is 7. The van der Waals surface area contributed by atoms with Crippen LogP contribution in [0.15, 0.2) is 83.2 Å². The lowest BCUT2D eigenvalue weighted by atomic mass is 10.2. The third-order valence-corrected chi connectivity index (χ3v) is 7.27. The molecule has 0 bridgehead atoms. The van der Waals surface area contributed by atoms with E-state index in [4.69, 9.17) is 16.3 Å².